The molecule has 2 N–H and O–H groups in total. The molecular weight excluding hydrogens is 384 g/mol. The molecule has 0 unspecified atom stereocenters. The normalized spacial score (nSPS) is 10.7. The Morgan fingerprint density at radius 1 is 1.10 bits per heavy atom. The highest BCUT2D eigenvalue weighted by Gasteiger charge is 2.13. The van der Waals surface area contributed by atoms with Gasteiger partial charge in [-0.1, -0.05) is 41.6 Å². The molecule has 0 atom stereocenters. The Morgan fingerprint density at radius 2 is 1.83 bits per heavy atom. The smallest absolute Gasteiger partial charge is 0.338 e. The average Bonchev–Trinajstić information content (AvgIpc) is 3.19. The first-order valence-electron chi connectivity index (χ1n) is 9.61. The highest BCUT2D eigenvalue weighted by molar-refractivity contribution is 5.89. The van der Waals surface area contributed by atoms with Crippen molar-refractivity contribution in [3.05, 3.63) is 71.1 Å². The summed E-state index contributed by atoms with van der Waals surface area (Å²) in [5.74, 6) is 0.179. The number of esters is 1. The zero-order valence-electron chi connectivity index (χ0n) is 17.1. The van der Waals surface area contributed by atoms with E-state index >= 15 is 0 Å². The van der Waals surface area contributed by atoms with Gasteiger partial charge in [-0.15, -0.1) is 0 Å². The molecule has 0 aliphatic heterocycles. The number of benzene rings is 2. The summed E-state index contributed by atoms with van der Waals surface area (Å²) in [6.45, 7) is 5.98. The van der Waals surface area contributed by atoms with E-state index < -0.39 is 5.97 Å². The minimum absolute atomic E-state index is 0.0637. The number of hydrogen-bond donors (Lipinski definition) is 2. The van der Waals surface area contributed by atoms with E-state index in [0.29, 0.717) is 17.9 Å². The van der Waals surface area contributed by atoms with Crippen molar-refractivity contribution in [2.24, 2.45) is 0 Å². The highest BCUT2D eigenvalue weighted by Crippen LogP contribution is 2.20. The second-order valence-electron chi connectivity index (χ2n) is 7.08. The third-order valence-electron chi connectivity index (χ3n) is 4.24. The molecule has 0 saturated carbocycles. The summed E-state index contributed by atoms with van der Waals surface area (Å²) in [7, 11) is 0. The molecule has 2 amide bonds. The fraction of sp³-hybridized carbons (Fsp3) is 0.273. The highest BCUT2D eigenvalue weighted by atomic mass is 16.6. The first-order chi connectivity index (χ1) is 14.4. The molecule has 2 aromatic carbocycles. The number of ether oxygens (including phenoxy) is 1. The number of rotatable bonds is 7. The quantitative estimate of drug-likeness (QED) is 0.579. The lowest BCUT2D eigenvalue weighted by atomic mass is 10.1. The van der Waals surface area contributed by atoms with Crippen LogP contribution in [0.4, 0.5) is 4.79 Å². The summed E-state index contributed by atoms with van der Waals surface area (Å²) in [5, 5.41) is 9.44. The SMILES string of the molecule is Cc1ccccc1-c1noc(COC(=O)c2ccc(CNC(=O)NC(C)C)cc2)n1. The summed E-state index contributed by atoms with van der Waals surface area (Å²) in [6.07, 6.45) is 0. The molecule has 0 radical (unpaired) electrons. The van der Waals surface area contributed by atoms with Crippen molar-refractivity contribution < 1.29 is 18.8 Å². The Morgan fingerprint density at radius 3 is 2.53 bits per heavy atom. The van der Waals surface area contributed by atoms with Crippen LogP contribution in [0.25, 0.3) is 11.4 Å². The van der Waals surface area contributed by atoms with Crippen LogP contribution in [0.1, 0.15) is 41.2 Å². The predicted molar refractivity (Wildman–Crippen MR) is 111 cm³/mol. The lowest BCUT2D eigenvalue weighted by Gasteiger charge is -2.10. The van der Waals surface area contributed by atoms with Crippen molar-refractivity contribution in [3.8, 4) is 11.4 Å². The van der Waals surface area contributed by atoms with E-state index in [2.05, 4.69) is 20.8 Å². The largest absolute Gasteiger partial charge is 0.452 e. The van der Waals surface area contributed by atoms with Crippen LogP contribution in [0, 0.1) is 6.92 Å². The summed E-state index contributed by atoms with van der Waals surface area (Å²) in [6, 6.07) is 14.3. The van der Waals surface area contributed by atoms with Crippen LogP contribution in [0.2, 0.25) is 0 Å². The van der Waals surface area contributed by atoms with Crippen molar-refractivity contribution >= 4 is 12.0 Å². The third kappa shape index (κ3) is 5.66. The number of aryl methyl sites for hydroxylation is 1. The van der Waals surface area contributed by atoms with Crippen LogP contribution < -0.4 is 10.6 Å². The lowest BCUT2D eigenvalue weighted by Crippen LogP contribution is -2.39. The van der Waals surface area contributed by atoms with Gasteiger partial charge in [0.15, 0.2) is 6.61 Å². The van der Waals surface area contributed by atoms with Gasteiger partial charge < -0.3 is 19.9 Å². The van der Waals surface area contributed by atoms with Gasteiger partial charge in [-0.05, 0) is 44.0 Å². The van der Waals surface area contributed by atoms with Crippen molar-refractivity contribution in [3.63, 3.8) is 0 Å². The molecule has 1 heterocycles. The minimum Gasteiger partial charge on any atom is -0.452 e. The first-order valence-corrected chi connectivity index (χ1v) is 9.61. The zero-order valence-corrected chi connectivity index (χ0v) is 17.1. The number of nitrogens with one attached hydrogen (secondary N) is 2. The Bertz CT molecular complexity index is 1010. The molecule has 8 nitrogen and oxygen atoms in total. The standard InChI is InChI=1S/C22H24N4O4/c1-14(2)24-22(28)23-12-16-8-10-17(11-9-16)21(27)29-13-19-25-20(26-30-19)18-7-5-4-6-15(18)3/h4-11,14H,12-13H2,1-3H3,(H2,23,24,28). The Hall–Kier alpha value is -3.68. The molecule has 3 rings (SSSR count). The molecule has 0 aliphatic carbocycles. The van der Waals surface area contributed by atoms with E-state index in [1.54, 1.807) is 24.3 Å². The van der Waals surface area contributed by atoms with E-state index in [4.69, 9.17) is 9.26 Å². The number of amides is 2. The van der Waals surface area contributed by atoms with Crippen molar-refractivity contribution in [2.75, 3.05) is 0 Å². The van der Waals surface area contributed by atoms with Gasteiger partial charge in [-0.25, -0.2) is 9.59 Å². The van der Waals surface area contributed by atoms with Gasteiger partial charge in [0.05, 0.1) is 5.56 Å². The molecule has 0 aliphatic rings. The van der Waals surface area contributed by atoms with Gasteiger partial charge in [-0.3, -0.25) is 0 Å². The van der Waals surface area contributed by atoms with Gasteiger partial charge in [0.25, 0.3) is 5.89 Å². The fourth-order valence-corrected chi connectivity index (χ4v) is 2.71. The number of hydrogen-bond acceptors (Lipinski definition) is 6. The monoisotopic (exact) mass is 408 g/mol. The fourth-order valence-electron chi connectivity index (χ4n) is 2.71. The zero-order chi connectivity index (χ0) is 21.5. The van der Waals surface area contributed by atoms with E-state index in [1.807, 2.05) is 45.0 Å². The molecule has 3 aromatic rings. The Labute approximate surface area is 174 Å². The van der Waals surface area contributed by atoms with Gasteiger partial charge in [0.1, 0.15) is 0 Å². The van der Waals surface area contributed by atoms with E-state index in [9.17, 15) is 9.59 Å². The van der Waals surface area contributed by atoms with Crippen LogP contribution in [0.5, 0.6) is 0 Å². The number of urea groups is 1. The van der Waals surface area contributed by atoms with Crippen molar-refractivity contribution in [1.29, 1.82) is 0 Å². The summed E-state index contributed by atoms with van der Waals surface area (Å²) >= 11 is 0. The van der Waals surface area contributed by atoms with E-state index in [0.717, 1.165) is 16.7 Å². The van der Waals surface area contributed by atoms with E-state index in [-0.39, 0.29) is 24.6 Å². The van der Waals surface area contributed by atoms with Crippen molar-refractivity contribution in [2.45, 2.75) is 40.0 Å². The maximum atomic E-state index is 12.3. The number of nitrogens with zero attached hydrogens (tertiary/aromatic N) is 2. The van der Waals surface area contributed by atoms with E-state index in [1.165, 1.54) is 0 Å². The summed E-state index contributed by atoms with van der Waals surface area (Å²) in [5.41, 5.74) is 3.15. The van der Waals surface area contributed by atoms with Gasteiger partial charge >= 0.3 is 12.0 Å². The van der Waals surface area contributed by atoms with Crippen molar-refractivity contribution in [1.82, 2.24) is 20.8 Å². The summed E-state index contributed by atoms with van der Waals surface area (Å²) in [4.78, 5) is 28.2. The molecule has 156 valence electrons. The number of carbonyl (C=O) groups is 2. The molecule has 0 spiro atoms. The number of aromatic nitrogens is 2. The van der Waals surface area contributed by atoms with Crippen LogP contribution in [-0.4, -0.2) is 28.2 Å². The van der Waals surface area contributed by atoms with Gasteiger partial charge in [0.2, 0.25) is 5.82 Å². The second-order valence-corrected chi connectivity index (χ2v) is 7.08. The maximum absolute atomic E-state index is 12.3. The average molecular weight is 408 g/mol. The minimum atomic E-state index is -0.497. The molecule has 0 saturated heterocycles. The molecule has 0 bridgehead atoms. The molecular formula is C22H24N4O4. The summed E-state index contributed by atoms with van der Waals surface area (Å²) < 4.78 is 10.4. The molecule has 0 fully saturated rings. The lowest BCUT2D eigenvalue weighted by molar-refractivity contribution is 0.0430. The molecule has 30 heavy (non-hydrogen) atoms. The van der Waals surface area contributed by atoms with Crippen LogP contribution >= 0.6 is 0 Å². The first kappa shape index (κ1) is 21.0. The van der Waals surface area contributed by atoms with Gasteiger partial charge in [-0.2, -0.15) is 4.98 Å². The van der Waals surface area contributed by atoms with Crippen LogP contribution in [0.3, 0.4) is 0 Å². The number of carbonyl (C=O) groups excluding carboxylic acids is 2. The molecule has 1 aromatic heterocycles. The maximum Gasteiger partial charge on any atom is 0.338 e. The van der Waals surface area contributed by atoms with Gasteiger partial charge in [0, 0.05) is 18.2 Å². The Kier molecular flexibility index (Phi) is 6.79. The third-order valence-corrected chi connectivity index (χ3v) is 4.24. The molecule has 8 heteroatoms. The van der Waals surface area contributed by atoms with Crippen LogP contribution in [0.15, 0.2) is 53.1 Å². The second kappa shape index (κ2) is 9.69. The topological polar surface area (TPSA) is 106 Å². The predicted octanol–water partition coefficient (Wildman–Crippen LogP) is 3.61. The Balaban J connectivity index is 1.52. The van der Waals surface area contributed by atoms with Crippen LogP contribution in [-0.2, 0) is 17.9 Å².